The van der Waals surface area contributed by atoms with E-state index in [9.17, 15) is 4.79 Å². The third kappa shape index (κ3) is 4.40. The van der Waals surface area contributed by atoms with Gasteiger partial charge in [-0.25, -0.2) is 14.8 Å². The van der Waals surface area contributed by atoms with Gasteiger partial charge < -0.3 is 15.2 Å². The van der Waals surface area contributed by atoms with Crippen LogP contribution in [-0.2, 0) is 6.54 Å². The molecule has 3 heterocycles. The highest BCUT2D eigenvalue weighted by Gasteiger charge is 2.13. The summed E-state index contributed by atoms with van der Waals surface area (Å²) in [4.78, 5) is 25.4. The highest BCUT2D eigenvalue weighted by molar-refractivity contribution is 5.89. The van der Waals surface area contributed by atoms with E-state index in [1.807, 2.05) is 55.5 Å². The van der Waals surface area contributed by atoms with Gasteiger partial charge in [-0.05, 0) is 55.3 Å². The first kappa shape index (κ1) is 18.6. The number of aromatic nitrogens is 4. The molecule has 3 aromatic heterocycles. The number of amides is 2. The van der Waals surface area contributed by atoms with Crippen LogP contribution >= 0.6 is 0 Å². The molecule has 4 rings (SSSR count). The summed E-state index contributed by atoms with van der Waals surface area (Å²) in [6.07, 6.45) is 6.03. The number of carbonyl (C=O) groups excluding carboxylic acids is 1. The number of carbonyl (C=O) groups is 1. The van der Waals surface area contributed by atoms with Gasteiger partial charge in [0.2, 0.25) is 0 Å². The van der Waals surface area contributed by atoms with Crippen LogP contribution in [0.25, 0.3) is 22.6 Å². The maximum Gasteiger partial charge on any atom is 0.319 e. The molecule has 0 aliphatic rings. The Bertz CT molecular complexity index is 1120. The first-order valence-electron chi connectivity index (χ1n) is 9.54. The third-order valence-electron chi connectivity index (χ3n) is 4.56. The normalized spacial score (nSPS) is 10.8. The number of anilines is 1. The summed E-state index contributed by atoms with van der Waals surface area (Å²) in [6.45, 7) is 3.22. The Hall–Kier alpha value is -3.74. The van der Waals surface area contributed by atoms with Crippen LogP contribution < -0.4 is 10.6 Å². The number of rotatable bonds is 6. The van der Waals surface area contributed by atoms with E-state index in [1.165, 1.54) is 0 Å². The van der Waals surface area contributed by atoms with Gasteiger partial charge in [0, 0.05) is 42.9 Å². The van der Waals surface area contributed by atoms with Crippen molar-refractivity contribution in [1.82, 2.24) is 24.8 Å². The smallest absolute Gasteiger partial charge is 0.319 e. The van der Waals surface area contributed by atoms with E-state index in [4.69, 9.17) is 4.98 Å². The molecule has 0 fully saturated rings. The Morgan fingerprint density at radius 3 is 2.76 bits per heavy atom. The zero-order chi connectivity index (χ0) is 20.1. The average Bonchev–Trinajstić information content (AvgIpc) is 3.10. The highest BCUT2D eigenvalue weighted by Crippen LogP contribution is 2.23. The summed E-state index contributed by atoms with van der Waals surface area (Å²) in [6, 6.07) is 15.2. The molecule has 0 unspecified atom stereocenters. The highest BCUT2D eigenvalue weighted by atomic mass is 16.2. The van der Waals surface area contributed by atoms with Gasteiger partial charge in [-0.15, -0.1) is 0 Å². The van der Waals surface area contributed by atoms with Gasteiger partial charge in [0.05, 0.1) is 0 Å². The SMILES string of the molecule is Cc1cccc(NC(=O)NCCCn2c(-c3ccncc3)nc3cccnc32)c1. The molecule has 146 valence electrons. The summed E-state index contributed by atoms with van der Waals surface area (Å²) in [7, 11) is 0. The Morgan fingerprint density at radius 1 is 1.07 bits per heavy atom. The molecule has 29 heavy (non-hydrogen) atoms. The molecule has 7 nitrogen and oxygen atoms in total. The van der Waals surface area contributed by atoms with Crippen LogP contribution in [0.4, 0.5) is 10.5 Å². The van der Waals surface area contributed by atoms with E-state index in [1.54, 1.807) is 18.6 Å². The maximum atomic E-state index is 12.1. The first-order valence-corrected chi connectivity index (χ1v) is 9.54. The molecular formula is C22H22N6O. The summed E-state index contributed by atoms with van der Waals surface area (Å²) < 4.78 is 2.09. The number of nitrogens with zero attached hydrogens (tertiary/aromatic N) is 4. The standard InChI is InChI=1S/C22H22N6O/c1-16-5-2-6-18(15-16)26-22(29)25-11-4-14-28-20(17-8-12-23-13-9-17)27-19-7-3-10-24-21(19)28/h2-3,5-10,12-13,15H,4,11,14H2,1H3,(H2,25,26,29). The van der Waals surface area contributed by atoms with Crippen molar-refractivity contribution in [3.8, 4) is 11.4 Å². The van der Waals surface area contributed by atoms with Crippen molar-refractivity contribution in [2.45, 2.75) is 19.9 Å². The number of urea groups is 1. The van der Waals surface area contributed by atoms with Gasteiger partial charge in [-0.1, -0.05) is 12.1 Å². The van der Waals surface area contributed by atoms with Crippen LogP contribution in [0.5, 0.6) is 0 Å². The number of pyridine rings is 2. The van der Waals surface area contributed by atoms with E-state index < -0.39 is 0 Å². The lowest BCUT2D eigenvalue weighted by atomic mass is 10.2. The van der Waals surface area contributed by atoms with Crippen molar-refractivity contribution in [2.24, 2.45) is 0 Å². The zero-order valence-corrected chi connectivity index (χ0v) is 16.2. The van der Waals surface area contributed by atoms with Gasteiger partial charge in [-0.2, -0.15) is 0 Å². The number of hydrogen-bond donors (Lipinski definition) is 2. The molecule has 7 heteroatoms. The second-order valence-electron chi connectivity index (χ2n) is 6.77. The summed E-state index contributed by atoms with van der Waals surface area (Å²) in [5.41, 5.74) is 4.56. The Labute approximate surface area is 168 Å². The fourth-order valence-corrected chi connectivity index (χ4v) is 3.23. The first-order chi connectivity index (χ1) is 14.2. The number of hydrogen-bond acceptors (Lipinski definition) is 4. The number of nitrogens with one attached hydrogen (secondary N) is 2. The van der Waals surface area contributed by atoms with Crippen molar-refractivity contribution in [3.63, 3.8) is 0 Å². The predicted octanol–water partition coefficient (Wildman–Crippen LogP) is 4.01. The monoisotopic (exact) mass is 386 g/mol. The van der Waals surface area contributed by atoms with Crippen LogP contribution in [0.2, 0.25) is 0 Å². The Morgan fingerprint density at radius 2 is 1.93 bits per heavy atom. The number of benzene rings is 1. The second-order valence-corrected chi connectivity index (χ2v) is 6.77. The lowest BCUT2D eigenvalue weighted by molar-refractivity contribution is 0.252. The fourth-order valence-electron chi connectivity index (χ4n) is 3.23. The Kier molecular flexibility index (Phi) is 5.47. The van der Waals surface area contributed by atoms with E-state index in [2.05, 4.69) is 25.2 Å². The Balaban J connectivity index is 1.41. The van der Waals surface area contributed by atoms with Crippen LogP contribution in [0.15, 0.2) is 67.1 Å². The zero-order valence-electron chi connectivity index (χ0n) is 16.2. The molecule has 0 saturated heterocycles. The van der Waals surface area contributed by atoms with Crippen molar-refractivity contribution >= 4 is 22.9 Å². The molecular weight excluding hydrogens is 364 g/mol. The lowest BCUT2D eigenvalue weighted by Crippen LogP contribution is -2.30. The average molecular weight is 386 g/mol. The van der Waals surface area contributed by atoms with Gasteiger partial charge in [-0.3, -0.25) is 4.98 Å². The number of fused-ring (bicyclic) bond motifs is 1. The topological polar surface area (TPSA) is 84.7 Å². The van der Waals surface area contributed by atoms with Crippen LogP contribution in [-0.4, -0.2) is 32.1 Å². The fraction of sp³-hybridized carbons (Fsp3) is 0.182. The minimum absolute atomic E-state index is 0.210. The molecule has 0 aliphatic carbocycles. The lowest BCUT2D eigenvalue weighted by Gasteiger charge is -2.10. The predicted molar refractivity (Wildman–Crippen MR) is 114 cm³/mol. The van der Waals surface area contributed by atoms with Crippen molar-refractivity contribution in [1.29, 1.82) is 0 Å². The van der Waals surface area contributed by atoms with E-state index in [-0.39, 0.29) is 6.03 Å². The summed E-state index contributed by atoms with van der Waals surface area (Å²) in [5.74, 6) is 0.852. The van der Waals surface area contributed by atoms with Crippen LogP contribution in [0, 0.1) is 6.92 Å². The van der Waals surface area contributed by atoms with E-state index >= 15 is 0 Å². The van der Waals surface area contributed by atoms with Crippen molar-refractivity contribution < 1.29 is 4.79 Å². The molecule has 0 aliphatic heterocycles. The number of imidazole rings is 1. The minimum atomic E-state index is -0.210. The molecule has 0 radical (unpaired) electrons. The van der Waals surface area contributed by atoms with Gasteiger partial charge in [0.25, 0.3) is 0 Å². The molecule has 4 aromatic rings. The maximum absolute atomic E-state index is 12.1. The molecule has 2 N–H and O–H groups in total. The van der Waals surface area contributed by atoms with Gasteiger partial charge in [0.1, 0.15) is 11.3 Å². The van der Waals surface area contributed by atoms with E-state index in [0.29, 0.717) is 13.1 Å². The molecule has 0 saturated carbocycles. The molecule has 0 spiro atoms. The molecule has 0 bridgehead atoms. The van der Waals surface area contributed by atoms with Crippen LogP contribution in [0.3, 0.4) is 0 Å². The number of aryl methyl sites for hydroxylation is 2. The van der Waals surface area contributed by atoms with E-state index in [0.717, 1.165) is 40.2 Å². The van der Waals surface area contributed by atoms with Crippen molar-refractivity contribution in [2.75, 3.05) is 11.9 Å². The largest absolute Gasteiger partial charge is 0.338 e. The second kappa shape index (κ2) is 8.52. The third-order valence-corrected chi connectivity index (χ3v) is 4.56. The van der Waals surface area contributed by atoms with Gasteiger partial charge in [0.15, 0.2) is 5.65 Å². The molecule has 0 atom stereocenters. The molecule has 1 aromatic carbocycles. The quantitative estimate of drug-likeness (QED) is 0.490. The van der Waals surface area contributed by atoms with Gasteiger partial charge >= 0.3 is 6.03 Å². The van der Waals surface area contributed by atoms with Crippen LogP contribution in [0.1, 0.15) is 12.0 Å². The molecule has 2 amide bonds. The summed E-state index contributed by atoms with van der Waals surface area (Å²) in [5, 5.41) is 5.76. The van der Waals surface area contributed by atoms with Crippen molar-refractivity contribution in [3.05, 3.63) is 72.7 Å². The minimum Gasteiger partial charge on any atom is -0.338 e. The summed E-state index contributed by atoms with van der Waals surface area (Å²) >= 11 is 0.